The van der Waals surface area contributed by atoms with Crippen molar-refractivity contribution in [3.05, 3.63) is 53.9 Å². The third kappa shape index (κ3) is 1.88. The number of aromatic nitrogens is 2. The molecule has 5 heteroatoms. The van der Waals surface area contributed by atoms with Crippen LogP contribution in [0.3, 0.4) is 0 Å². The second-order valence-electron chi connectivity index (χ2n) is 3.19. The topological polar surface area (TPSA) is 68.9 Å². The summed E-state index contributed by atoms with van der Waals surface area (Å²) in [5.41, 5.74) is 6.23. The van der Waals surface area contributed by atoms with Gasteiger partial charge in [-0.1, -0.05) is 0 Å². The Morgan fingerprint density at radius 1 is 1.25 bits per heavy atom. The highest BCUT2D eigenvalue weighted by atomic mass is 19.1. The number of nitrogen functional groups attached to an aromatic ring is 1. The summed E-state index contributed by atoms with van der Waals surface area (Å²) in [6.07, 6.45) is 4.03. The quantitative estimate of drug-likeness (QED) is 0.610. The van der Waals surface area contributed by atoms with E-state index in [1.807, 2.05) is 0 Å². The molecule has 16 heavy (non-hydrogen) atoms. The first-order valence-electron chi connectivity index (χ1n) is 4.53. The van der Waals surface area contributed by atoms with E-state index in [2.05, 4.69) is 9.97 Å². The summed E-state index contributed by atoms with van der Waals surface area (Å²) in [5.74, 6) is -0.896. The average molecular weight is 217 g/mol. The highest BCUT2D eigenvalue weighted by Crippen LogP contribution is 2.17. The minimum atomic E-state index is -0.505. The Morgan fingerprint density at radius 2 is 1.94 bits per heavy atom. The van der Waals surface area contributed by atoms with Gasteiger partial charge in [0.15, 0.2) is 5.78 Å². The van der Waals surface area contributed by atoms with Gasteiger partial charge in [0.1, 0.15) is 12.1 Å². The van der Waals surface area contributed by atoms with Crippen LogP contribution in [0.5, 0.6) is 0 Å². The van der Waals surface area contributed by atoms with Crippen molar-refractivity contribution in [1.82, 2.24) is 9.97 Å². The summed E-state index contributed by atoms with van der Waals surface area (Å²) in [5, 5.41) is 0. The number of hydrogen-bond donors (Lipinski definition) is 1. The second-order valence-corrected chi connectivity index (χ2v) is 3.19. The summed E-state index contributed by atoms with van der Waals surface area (Å²) in [6, 6.07) is 3.66. The minimum absolute atomic E-state index is 0.120. The molecule has 0 bridgehead atoms. The number of ketones is 1. The molecule has 2 N–H and O–H groups in total. The Kier molecular flexibility index (Phi) is 2.59. The molecule has 0 amide bonds. The van der Waals surface area contributed by atoms with E-state index in [-0.39, 0.29) is 16.8 Å². The van der Waals surface area contributed by atoms with Crippen LogP contribution in [0.4, 0.5) is 10.1 Å². The molecule has 0 unspecified atom stereocenters. The molecule has 1 aromatic heterocycles. The van der Waals surface area contributed by atoms with Crippen LogP contribution >= 0.6 is 0 Å². The maximum atomic E-state index is 13.0. The van der Waals surface area contributed by atoms with Crippen LogP contribution in [0.15, 0.2) is 36.9 Å². The molecule has 2 aromatic rings. The zero-order chi connectivity index (χ0) is 11.5. The lowest BCUT2D eigenvalue weighted by molar-refractivity contribution is 0.103. The number of hydrogen-bond acceptors (Lipinski definition) is 4. The van der Waals surface area contributed by atoms with Gasteiger partial charge in [0.25, 0.3) is 0 Å². The SMILES string of the molecule is Nc1ccc(F)cc1C(=O)c1cncnc1. The molecule has 0 fully saturated rings. The van der Waals surface area contributed by atoms with Crippen LogP contribution in [0.2, 0.25) is 0 Å². The van der Waals surface area contributed by atoms with E-state index in [1.165, 1.54) is 30.9 Å². The van der Waals surface area contributed by atoms with Crippen molar-refractivity contribution in [2.45, 2.75) is 0 Å². The fourth-order valence-corrected chi connectivity index (χ4v) is 1.30. The van der Waals surface area contributed by atoms with Crippen LogP contribution in [0.1, 0.15) is 15.9 Å². The number of rotatable bonds is 2. The molecule has 0 aliphatic heterocycles. The number of halogens is 1. The fourth-order valence-electron chi connectivity index (χ4n) is 1.30. The van der Waals surface area contributed by atoms with Gasteiger partial charge in [0.2, 0.25) is 0 Å². The van der Waals surface area contributed by atoms with Crippen molar-refractivity contribution in [2.24, 2.45) is 0 Å². The third-order valence-corrected chi connectivity index (χ3v) is 2.08. The van der Waals surface area contributed by atoms with Crippen LogP contribution in [-0.4, -0.2) is 15.8 Å². The van der Waals surface area contributed by atoms with E-state index in [4.69, 9.17) is 5.73 Å². The van der Waals surface area contributed by atoms with E-state index in [1.54, 1.807) is 0 Å². The number of carbonyl (C=O) groups is 1. The minimum Gasteiger partial charge on any atom is -0.398 e. The maximum absolute atomic E-state index is 13.0. The van der Waals surface area contributed by atoms with Crippen molar-refractivity contribution in [3.63, 3.8) is 0 Å². The molecule has 0 saturated carbocycles. The molecule has 0 aliphatic carbocycles. The highest BCUT2D eigenvalue weighted by Gasteiger charge is 2.13. The molecule has 0 aliphatic rings. The first kappa shape index (κ1) is 10.2. The molecule has 0 spiro atoms. The first-order chi connectivity index (χ1) is 7.68. The van der Waals surface area contributed by atoms with Gasteiger partial charge in [-0.05, 0) is 18.2 Å². The second kappa shape index (κ2) is 4.06. The summed E-state index contributed by atoms with van der Waals surface area (Å²) in [6.45, 7) is 0. The number of carbonyl (C=O) groups excluding carboxylic acids is 1. The van der Waals surface area contributed by atoms with E-state index < -0.39 is 11.6 Å². The zero-order valence-corrected chi connectivity index (χ0v) is 8.22. The molecule has 0 radical (unpaired) electrons. The smallest absolute Gasteiger partial charge is 0.198 e. The van der Waals surface area contributed by atoms with Gasteiger partial charge in [-0.3, -0.25) is 4.79 Å². The lowest BCUT2D eigenvalue weighted by atomic mass is 10.0. The van der Waals surface area contributed by atoms with Crippen LogP contribution in [0, 0.1) is 5.82 Å². The number of nitrogens with zero attached hydrogens (tertiary/aromatic N) is 2. The van der Waals surface area contributed by atoms with Crippen LogP contribution < -0.4 is 5.73 Å². The van der Waals surface area contributed by atoms with Gasteiger partial charge in [-0.2, -0.15) is 0 Å². The predicted molar refractivity (Wildman–Crippen MR) is 56.3 cm³/mol. The molecule has 2 rings (SSSR count). The lowest BCUT2D eigenvalue weighted by Gasteiger charge is -2.03. The van der Waals surface area contributed by atoms with E-state index >= 15 is 0 Å². The normalized spacial score (nSPS) is 10.1. The summed E-state index contributed by atoms with van der Waals surface area (Å²) in [7, 11) is 0. The Hall–Kier alpha value is -2.30. The third-order valence-electron chi connectivity index (χ3n) is 2.08. The van der Waals surface area contributed by atoms with Crippen LogP contribution in [-0.2, 0) is 0 Å². The summed E-state index contributed by atoms with van der Waals surface area (Å²) >= 11 is 0. The van der Waals surface area contributed by atoms with Gasteiger partial charge < -0.3 is 5.73 Å². The highest BCUT2D eigenvalue weighted by molar-refractivity contribution is 6.11. The number of anilines is 1. The van der Waals surface area contributed by atoms with E-state index in [0.717, 1.165) is 6.07 Å². The molecular weight excluding hydrogens is 209 g/mol. The van der Waals surface area contributed by atoms with Crippen molar-refractivity contribution >= 4 is 11.5 Å². The Bertz CT molecular complexity index is 528. The van der Waals surface area contributed by atoms with Crippen molar-refractivity contribution < 1.29 is 9.18 Å². The lowest BCUT2D eigenvalue weighted by Crippen LogP contribution is -2.06. The molecule has 4 nitrogen and oxygen atoms in total. The summed E-state index contributed by atoms with van der Waals surface area (Å²) < 4.78 is 13.0. The standard InChI is InChI=1S/C11H8FN3O/c12-8-1-2-10(13)9(3-8)11(16)7-4-14-6-15-5-7/h1-6H,13H2. The number of benzene rings is 1. The molecule has 80 valence electrons. The van der Waals surface area contributed by atoms with E-state index in [0.29, 0.717) is 0 Å². The molecule has 1 aromatic carbocycles. The predicted octanol–water partition coefficient (Wildman–Crippen LogP) is 1.43. The van der Waals surface area contributed by atoms with Crippen molar-refractivity contribution in [3.8, 4) is 0 Å². The summed E-state index contributed by atoms with van der Waals surface area (Å²) in [4.78, 5) is 19.3. The van der Waals surface area contributed by atoms with Crippen LogP contribution in [0.25, 0.3) is 0 Å². The van der Waals surface area contributed by atoms with E-state index in [9.17, 15) is 9.18 Å². The van der Waals surface area contributed by atoms with Gasteiger partial charge in [-0.25, -0.2) is 14.4 Å². The van der Waals surface area contributed by atoms with Crippen molar-refractivity contribution in [2.75, 3.05) is 5.73 Å². The zero-order valence-electron chi connectivity index (χ0n) is 8.22. The first-order valence-corrected chi connectivity index (χ1v) is 4.53. The van der Waals surface area contributed by atoms with Gasteiger partial charge in [0, 0.05) is 23.6 Å². The van der Waals surface area contributed by atoms with Crippen molar-refractivity contribution in [1.29, 1.82) is 0 Å². The molecular formula is C11H8FN3O. The molecule has 1 heterocycles. The Labute approximate surface area is 91.0 Å². The largest absolute Gasteiger partial charge is 0.398 e. The molecule has 0 saturated heterocycles. The Morgan fingerprint density at radius 3 is 2.62 bits per heavy atom. The average Bonchev–Trinajstić information content (AvgIpc) is 2.32. The monoisotopic (exact) mass is 217 g/mol. The number of nitrogens with two attached hydrogens (primary N) is 1. The van der Waals surface area contributed by atoms with Gasteiger partial charge in [0.05, 0.1) is 5.56 Å². The van der Waals surface area contributed by atoms with Gasteiger partial charge >= 0.3 is 0 Å². The van der Waals surface area contributed by atoms with Gasteiger partial charge in [-0.15, -0.1) is 0 Å². The Balaban J connectivity index is 2.46. The fraction of sp³-hybridized carbons (Fsp3) is 0. The molecule has 0 atom stereocenters. The maximum Gasteiger partial charge on any atom is 0.198 e.